The summed E-state index contributed by atoms with van der Waals surface area (Å²) in [5.41, 5.74) is 0.863. The summed E-state index contributed by atoms with van der Waals surface area (Å²) >= 11 is 0. The molecule has 1 heterocycles. The molecule has 0 bridgehead atoms. The zero-order valence-electron chi connectivity index (χ0n) is 11.1. The van der Waals surface area contributed by atoms with E-state index in [2.05, 4.69) is 24.2 Å². The second-order valence-electron chi connectivity index (χ2n) is 4.60. The van der Waals surface area contributed by atoms with E-state index >= 15 is 0 Å². The second kappa shape index (κ2) is 8.23. The summed E-state index contributed by atoms with van der Waals surface area (Å²) in [7, 11) is 0. The van der Waals surface area contributed by atoms with Crippen LogP contribution in [0.2, 0.25) is 0 Å². The number of aliphatic hydroxyl groups excluding tert-OH is 1. The Hall–Kier alpha value is -0.900. The Morgan fingerprint density at radius 1 is 1.18 bits per heavy atom. The van der Waals surface area contributed by atoms with Crippen LogP contribution in [0.1, 0.15) is 70.6 Å². The van der Waals surface area contributed by atoms with E-state index in [4.69, 9.17) is 0 Å². The summed E-state index contributed by atoms with van der Waals surface area (Å²) < 4.78 is 1.82. The van der Waals surface area contributed by atoms with Crippen molar-refractivity contribution in [3.63, 3.8) is 0 Å². The molecule has 4 nitrogen and oxygen atoms in total. The number of rotatable bonds is 9. The molecule has 1 rings (SSSR count). The highest BCUT2D eigenvalue weighted by Crippen LogP contribution is 2.19. The van der Waals surface area contributed by atoms with Crippen molar-refractivity contribution in [3.05, 3.63) is 11.9 Å². The number of hydrogen-bond donors (Lipinski definition) is 1. The molecule has 0 aliphatic heterocycles. The molecular weight excluding hydrogens is 214 g/mol. The fourth-order valence-electron chi connectivity index (χ4n) is 2.00. The maximum absolute atomic E-state index is 10.1. The Labute approximate surface area is 104 Å². The molecule has 4 heteroatoms. The molecule has 0 radical (unpaired) electrons. The first-order valence-corrected chi connectivity index (χ1v) is 6.86. The molecule has 17 heavy (non-hydrogen) atoms. The van der Waals surface area contributed by atoms with E-state index in [0.717, 1.165) is 31.5 Å². The van der Waals surface area contributed by atoms with Gasteiger partial charge in [0, 0.05) is 6.54 Å². The van der Waals surface area contributed by atoms with E-state index in [1.165, 1.54) is 25.7 Å². The van der Waals surface area contributed by atoms with Gasteiger partial charge in [0.05, 0.1) is 18.0 Å². The molecule has 0 saturated carbocycles. The highest BCUT2D eigenvalue weighted by atomic mass is 16.3. The van der Waals surface area contributed by atoms with Crippen molar-refractivity contribution in [1.82, 2.24) is 15.0 Å². The molecule has 0 amide bonds. The van der Waals surface area contributed by atoms with Gasteiger partial charge < -0.3 is 5.11 Å². The van der Waals surface area contributed by atoms with Gasteiger partial charge >= 0.3 is 0 Å². The largest absolute Gasteiger partial charge is 0.387 e. The molecule has 1 aromatic rings. The van der Waals surface area contributed by atoms with Crippen LogP contribution >= 0.6 is 0 Å². The molecule has 0 aliphatic carbocycles. The zero-order chi connectivity index (χ0) is 12.5. The first-order chi connectivity index (χ1) is 8.29. The van der Waals surface area contributed by atoms with Gasteiger partial charge in [0.25, 0.3) is 0 Å². The van der Waals surface area contributed by atoms with Crippen molar-refractivity contribution in [1.29, 1.82) is 0 Å². The first-order valence-electron chi connectivity index (χ1n) is 6.86. The van der Waals surface area contributed by atoms with Crippen LogP contribution in [0.25, 0.3) is 0 Å². The van der Waals surface area contributed by atoms with Crippen LogP contribution in [0, 0.1) is 0 Å². The van der Waals surface area contributed by atoms with E-state index < -0.39 is 6.10 Å². The molecule has 1 unspecified atom stereocenters. The number of hydrogen-bond acceptors (Lipinski definition) is 3. The monoisotopic (exact) mass is 239 g/mol. The fourth-order valence-corrected chi connectivity index (χ4v) is 2.00. The molecule has 0 aromatic carbocycles. The number of nitrogens with zero attached hydrogens (tertiary/aromatic N) is 3. The number of unbranched alkanes of at least 4 members (excludes halogenated alkanes) is 4. The average molecular weight is 239 g/mol. The van der Waals surface area contributed by atoms with Gasteiger partial charge in [-0.15, -0.1) is 5.10 Å². The topological polar surface area (TPSA) is 50.9 Å². The highest BCUT2D eigenvalue weighted by molar-refractivity contribution is 4.98. The maximum Gasteiger partial charge on any atom is 0.0973 e. The SMILES string of the molecule is CCCCCCCC(O)c1cnnn1CCC. The Morgan fingerprint density at radius 3 is 2.65 bits per heavy atom. The van der Waals surface area contributed by atoms with Gasteiger partial charge in [0.1, 0.15) is 0 Å². The minimum atomic E-state index is -0.404. The summed E-state index contributed by atoms with van der Waals surface area (Å²) in [4.78, 5) is 0. The summed E-state index contributed by atoms with van der Waals surface area (Å²) in [5.74, 6) is 0. The number of aryl methyl sites for hydroxylation is 1. The molecule has 0 aliphatic rings. The van der Waals surface area contributed by atoms with E-state index in [1.807, 2.05) is 4.68 Å². The molecule has 0 fully saturated rings. The van der Waals surface area contributed by atoms with Crippen LogP contribution in [0.4, 0.5) is 0 Å². The fraction of sp³-hybridized carbons (Fsp3) is 0.846. The van der Waals surface area contributed by atoms with Crippen molar-refractivity contribution in [2.75, 3.05) is 0 Å². The minimum Gasteiger partial charge on any atom is -0.387 e. The van der Waals surface area contributed by atoms with Gasteiger partial charge in [-0.3, -0.25) is 0 Å². The normalized spacial score (nSPS) is 12.9. The van der Waals surface area contributed by atoms with Gasteiger partial charge in [-0.2, -0.15) is 0 Å². The van der Waals surface area contributed by atoms with Gasteiger partial charge in [0.15, 0.2) is 0 Å². The Balaban J connectivity index is 2.30. The van der Waals surface area contributed by atoms with Crippen molar-refractivity contribution in [2.45, 2.75) is 71.4 Å². The predicted octanol–water partition coefficient (Wildman–Crippen LogP) is 3.08. The lowest BCUT2D eigenvalue weighted by atomic mass is 10.1. The lowest BCUT2D eigenvalue weighted by Gasteiger charge is -2.11. The van der Waals surface area contributed by atoms with Gasteiger partial charge in [-0.05, 0) is 12.8 Å². The minimum absolute atomic E-state index is 0.404. The van der Waals surface area contributed by atoms with Crippen LogP contribution in [0.15, 0.2) is 6.20 Å². The summed E-state index contributed by atoms with van der Waals surface area (Å²) in [6.07, 6.45) is 9.24. The average Bonchev–Trinajstić information content (AvgIpc) is 2.77. The van der Waals surface area contributed by atoms with Crippen LogP contribution in [0.5, 0.6) is 0 Å². The molecule has 1 atom stereocenters. The van der Waals surface area contributed by atoms with E-state index in [-0.39, 0.29) is 0 Å². The third-order valence-corrected chi connectivity index (χ3v) is 3.01. The van der Waals surface area contributed by atoms with E-state index in [9.17, 15) is 5.11 Å². The predicted molar refractivity (Wildman–Crippen MR) is 68.6 cm³/mol. The standard InChI is InChI=1S/C13H25N3O/c1-3-5-6-7-8-9-13(17)12-11-14-15-16(12)10-4-2/h11,13,17H,3-10H2,1-2H3. The first kappa shape index (κ1) is 14.2. The smallest absolute Gasteiger partial charge is 0.0973 e. The van der Waals surface area contributed by atoms with Gasteiger partial charge in [-0.1, -0.05) is 51.2 Å². The van der Waals surface area contributed by atoms with Crippen LogP contribution in [0.3, 0.4) is 0 Å². The molecule has 98 valence electrons. The van der Waals surface area contributed by atoms with Crippen LogP contribution < -0.4 is 0 Å². The lowest BCUT2D eigenvalue weighted by molar-refractivity contribution is 0.152. The van der Waals surface area contributed by atoms with Gasteiger partial charge in [0.2, 0.25) is 0 Å². The molecule has 1 aromatic heterocycles. The quantitative estimate of drug-likeness (QED) is 0.674. The van der Waals surface area contributed by atoms with Crippen molar-refractivity contribution in [3.8, 4) is 0 Å². The van der Waals surface area contributed by atoms with Crippen molar-refractivity contribution >= 4 is 0 Å². The third-order valence-electron chi connectivity index (χ3n) is 3.01. The second-order valence-corrected chi connectivity index (χ2v) is 4.60. The summed E-state index contributed by atoms with van der Waals surface area (Å²) in [6, 6.07) is 0. The van der Waals surface area contributed by atoms with Crippen molar-refractivity contribution < 1.29 is 5.11 Å². The third kappa shape index (κ3) is 4.86. The number of aromatic nitrogens is 3. The summed E-state index contributed by atoms with van der Waals surface area (Å²) in [6.45, 7) is 5.15. The van der Waals surface area contributed by atoms with Crippen LogP contribution in [-0.2, 0) is 6.54 Å². The maximum atomic E-state index is 10.1. The molecule has 0 spiro atoms. The Morgan fingerprint density at radius 2 is 1.94 bits per heavy atom. The Kier molecular flexibility index (Phi) is 6.86. The lowest BCUT2D eigenvalue weighted by Crippen LogP contribution is -2.09. The van der Waals surface area contributed by atoms with E-state index in [0.29, 0.717) is 0 Å². The molecule has 0 saturated heterocycles. The Bertz CT molecular complexity index is 299. The highest BCUT2D eigenvalue weighted by Gasteiger charge is 2.13. The van der Waals surface area contributed by atoms with E-state index in [1.54, 1.807) is 6.20 Å². The number of aliphatic hydroxyl groups is 1. The van der Waals surface area contributed by atoms with Crippen molar-refractivity contribution in [2.24, 2.45) is 0 Å². The molecule has 1 N–H and O–H groups in total. The summed E-state index contributed by atoms with van der Waals surface area (Å²) in [5, 5.41) is 17.9. The molecular formula is C13H25N3O. The zero-order valence-corrected chi connectivity index (χ0v) is 11.1. The van der Waals surface area contributed by atoms with Crippen LogP contribution in [-0.4, -0.2) is 20.1 Å². The van der Waals surface area contributed by atoms with Gasteiger partial charge in [-0.25, -0.2) is 4.68 Å².